The summed E-state index contributed by atoms with van der Waals surface area (Å²) >= 11 is 0. The van der Waals surface area contributed by atoms with E-state index in [1.807, 2.05) is 32.9 Å². The van der Waals surface area contributed by atoms with E-state index in [2.05, 4.69) is 15.5 Å². The second-order valence-electron chi connectivity index (χ2n) is 8.88. The zero-order valence-corrected chi connectivity index (χ0v) is 17.1. The molecule has 156 valence electrons. The first-order chi connectivity index (χ1) is 13.7. The van der Waals surface area contributed by atoms with E-state index in [9.17, 15) is 4.79 Å². The molecule has 8 heteroatoms. The number of rotatable bonds is 6. The summed E-state index contributed by atoms with van der Waals surface area (Å²) in [6, 6.07) is 5.79. The van der Waals surface area contributed by atoms with Gasteiger partial charge in [0.25, 0.3) is 0 Å². The van der Waals surface area contributed by atoms with Gasteiger partial charge in [0.1, 0.15) is 22.9 Å². The van der Waals surface area contributed by atoms with E-state index in [1.54, 1.807) is 6.07 Å². The second-order valence-corrected chi connectivity index (χ2v) is 8.88. The topological polar surface area (TPSA) is 111 Å². The molecule has 29 heavy (non-hydrogen) atoms. The number of H-pyrrole nitrogens is 1. The molecule has 0 spiro atoms. The summed E-state index contributed by atoms with van der Waals surface area (Å²) in [7, 11) is 0. The van der Waals surface area contributed by atoms with Gasteiger partial charge in [0.15, 0.2) is 0 Å². The summed E-state index contributed by atoms with van der Waals surface area (Å²) in [6.07, 6.45) is 2.46. The van der Waals surface area contributed by atoms with Gasteiger partial charge in [0.2, 0.25) is 0 Å². The Morgan fingerprint density at radius 1 is 1.38 bits per heavy atom. The SMILES string of the molecule is CC(C)(C)OC(=O)NCC1(COc2ccc3c(c2-c2cc(N)n[nH]2)OCC3)CC1. The third-order valence-electron chi connectivity index (χ3n) is 5.18. The highest BCUT2D eigenvalue weighted by Crippen LogP contribution is 2.48. The Morgan fingerprint density at radius 2 is 2.17 bits per heavy atom. The molecule has 4 rings (SSSR count). The number of ether oxygens (including phenoxy) is 3. The molecule has 8 nitrogen and oxygen atoms in total. The van der Waals surface area contributed by atoms with Crippen LogP contribution >= 0.6 is 0 Å². The van der Waals surface area contributed by atoms with Crippen LogP contribution in [0.1, 0.15) is 39.2 Å². The fourth-order valence-electron chi connectivity index (χ4n) is 3.43. The molecule has 0 unspecified atom stereocenters. The van der Waals surface area contributed by atoms with Crippen LogP contribution in [0.25, 0.3) is 11.3 Å². The molecular formula is C21H28N4O4. The largest absolute Gasteiger partial charge is 0.492 e. The van der Waals surface area contributed by atoms with Crippen LogP contribution in [0.4, 0.5) is 10.6 Å². The van der Waals surface area contributed by atoms with Gasteiger partial charge in [-0.3, -0.25) is 5.10 Å². The number of aromatic nitrogens is 2. The van der Waals surface area contributed by atoms with Crippen LogP contribution in [0.5, 0.6) is 11.5 Å². The van der Waals surface area contributed by atoms with Gasteiger partial charge in [-0.05, 0) is 45.2 Å². The molecule has 1 aliphatic heterocycles. The lowest BCUT2D eigenvalue weighted by molar-refractivity contribution is 0.0509. The molecule has 0 radical (unpaired) electrons. The summed E-state index contributed by atoms with van der Waals surface area (Å²) in [5, 5.41) is 9.87. The van der Waals surface area contributed by atoms with E-state index in [-0.39, 0.29) is 5.41 Å². The van der Waals surface area contributed by atoms with Gasteiger partial charge in [0.05, 0.1) is 24.5 Å². The van der Waals surface area contributed by atoms with Crippen LogP contribution in [0.15, 0.2) is 18.2 Å². The van der Waals surface area contributed by atoms with E-state index in [4.69, 9.17) is 19.9 Å². The average Bonchev–Trinajstić information content (AvgIpc) is 3.03. The van der Waals surface area contributed by atoms with Crippen molar-refractivity contribution in [2.75, 3.05) is 25.5 Å². The van der Waals surface area contributed by atoms with Crippen molar-refractivity contribution in [1.29, 1.82) is 0 Å². The van der Waals surface area contributed by atoms with Gasteiger partial charge in [0, 0.05) is 24.4 Å². The number of alkyl carbamates (subject to hydrolysis) is 1. The average molecular weight is 400 g/mol. The van der Waals surface area contributed by atoms with Gasteiger partial charge in [-0.25, -0.2) is 4.79 Å². The van der Waals surface area contributed by atoms with Gasteiger partial charge in [-0.1, -0.05) is 6.07 Å². The number of nitrogens with two attached hydrogens (primary N) is 1. The molecule has 1 aromatic carbocycles. The highest BCUT2D eigenvalue weighted by atomic mass is 16.6. The number of hydrogen-bond acceptors (Lipinski definition) is 6. The molecule has 0 saturated heterocycles. The van der Waals surface area contributed by atoms with Crippen molar-refractivity contribution in [2.24, 2.45) is 5.41 Å². The minimum absolute atomic E-state index is 0.0684. The van der Waals surface area contributed by atoms with E-state index in [0.717, 1.165) is 47.6 Å². The maximum atomic E-state index is 12.0. The molecule has 1 aromatic heterocycles. The highest BCUT2D eigenvalue weighted by Gasteiger charge is 2.44. The molecule has 4 N–H and O–H groups in total. The fourth-order valence-corrected chi connectivity index (χ4v) is 3.43. The molecule has 1 fully saturated rings. The lowest BCUT2D eigenvalue weighted by Crippen LogP contribution is -2.37. The molecule has 0 atom stereocenters. The molecule has 2 aromatic rings. The van der Waals surface area contributed by atoms with E-state index >= 15 is 0 Å². The number of carbonyl (C=O) groups excluding carboxylic acids is 1. The van der Waals surface area contributed by atoms with Crippen LogP contribution in [0.2, 0.25) is 0 Å². The molecule has 0 bridgehead atoms. The van der Waals surface area contributed by atoms with Gasteiger partial charge in [-0.2, -0.15) is 5.10 Å². The maximum Gasteiger partial charge on any atom is 0.407 e. The van der Waals surface area contributed by atoms with E-state index in [0.29, 0.717) is 25.6 Å². The minimum atomic E-state index is -0.511. The van der Waals surface area contributed by atoms with Crippen molar-refractivity contribution < 1.29 is 19.0 Å². The second kappa shape index (κ2) is 7.17. The number of hydrogen-bond donors (Lipinski definition) is 3. The van der Waals surface area contributed by atoms with Crippen molar-refractivity contribution in [3.8, 4) is 22.8 Å². The van der Waals surface area contributed by atoms with Crippen molar-refractivity contribution in [2.45, 2.75) is 45.6 Å². The molecule has 1 aliphatic carbocycles. The fraction of sp³-hybridized carbons (Fsp3) is 0.524. The third kappa shape index (κ3) is 4.41. The minimum Gasteiger partial charge on any atom is -0.492 e. The predicted molar refractivity (Wildman–Crippen MR) is 109 cm³/mol. The number of amides is 1. The summed E-state index contributed by atoms with van der Waals surface area (Å²) in [5.74, 6) is 1.96. The molecule has 1 saturated carbocycles. The number of benzene rings is 1. The van der Waals surface area contributed by atoms with Crippen molar-refractivity contribution in [3.63, 3.8) is 0 Å². The number of nitrogens with zero attached hydrogens (tertiary/aromatic N) is 1. The van der Waals surface area contributed by atoms with E-state index < -0.39 is 11.7 Å². The zero-order valence-electron chi connectivity index (χ0n) is 17.1. The Balaban J connectivity index is 1.46. The zero-order chi connectivity index (χ0) is 20.6. The smallest absolute Gasteiger partial charge is 0.407 e. The van der Waals surface area contributed by atoms with Crippen molar-refractivity contribution in [3.05, 3.63) is 23.8 Å². The number of fused-ring (bicyclic) bond motifs is 1. The lowest BCUT2D eigenvalue weighted by atomic mass is 10.0. The Bertz CT molecular complexity index is 912. The quantitative estimate of drug-likeness (QED) is 0.686. The number of anilines is 1. The normalized spacial score (nSPS) is 16.7. The van der Waals surface area contributed by atoms with Crippen molar-refractivity contribution >= 4 is 11.9 Å². The summed E-state index contributed by atoms with van der Waals surface area (Å²) in [5.41, 5.74) is 7.99. The van der Waals surface area contributed by atoms with Crippen LogP contribution < -0.4 is 20.5 Å². The first-order valence-corrected chi connectivity index (χ1v) is 9.94. The van der Waals surface area contributed by atoms with Crippen LogP contribution in [-0.4, -0.2) is 41.7 Å². The Morgan fingerprint density at radius 3 is 2.83 bits per heavy atom. The van der Waals surface area contributed by atoms with Crippen LogP contribution in [-0.2, 0) is 11.2 Å². The predicted octanol–water partition coefficient (Wildman–Crippen LogP) is 3.28. The Hall–Kier alpha value is -2.90. The summed E-state index contributed by atoms with van der Waals surface area (Å²) in [6.45, 7) is 7.22. The lowest BCUT2D eigenvalue weighted by Gasteiger charge is -2.22. The third-order valence-corrected chi connectivity index (χ3v) is 5.18. The highest BCUT2D eigenvalue weighted by molar-refractivity contribution is 5.78. The molecule has 2 aliphatic rings. The maximum absolute atomic E-state index is 12.0. The van der Waals surface area contributed by atoms with Gasteiger partial charge in [-0.15, -0.1) is 0 Å². The van der Waals surface area contributed by atoms with Crippen molar-refractivity contribution in [1.82, 2.24) is 15.5 Å². The summed E-state index contributed by atoms with van der Waals surface area (Å²) in [4.78, 5) is 12.0. The standard InChI is InChI=1S/C21H28N4O4/c1-20(2,3)29-19(26)23-11-21(7-8-21)12-28-15-5-4-13-6-9-27-18(13)17(15)14-10-16(22)25-24-14/h4-5,10H,6-9,11-12H2,1-3H3,(H,23,26)(H3,22,24,25). The number of aromatic amines is 1. The molecule has 1 amide bonds. The van der Waals surface area contributed by atoms with Crippen LogP contribution in [0, 0.1) is 5.41 Å². The number of nitrogens with one attached hydrogen (secondary N) is 2. The number of nitrogen functional groups attached to an aromatic ring is 1. The number of carbonyl (C=O) groups is 1. The van der Waals surface area contributed by atoms with E-state index in [1.165, 1.54) is 0 Å². The van der Waals surface area contributed by atoms with Crippen LogP contribution in [0.3, 0.4) is 0 Å². The Kier molecular flexibility index (Phi) is 4.80. The summed E-state index contributed by atoms with van der Waals surface area (Å²) < 4.78 is 17.4. The monoisotopic (exact) mass is 400 g/mol. The van der Waals surface area contributed by atoms with Gasteiger partial charge < -0.3 is 25.3 Å². The first kappa shape index (κ1) is 19.4. The van der Waals surface area contributed by atoms with Gasteiger partial charge >= 0.3 is 6.09 Å². The molecular weight excluding hydrogens is 372 g/mol. The Labute approximate surface area is 170 Å². The first-order valence-electron chi connectivity index (χ1n) is 9.94. The molecule has 2 heterocycles.